The zero-order valence-corrected chi connectivity index (χ0v) is 6.64. The molecule has 3 N–H and O–H groups in total. The average molecular weight is 177 g/mol. The first kappa shape index (κ1) is 7.60. The Labute approximate surface area is 73.4 Å². The molecule has 0 aliphatic heterocycles. The monoisotopic (exact) mass is 177 g/mol. The van der Waals surface area contributed by atoms with Crippen LogP contribution in [-0.4, -0.2) is 20.7 Å². The first-order chi connectivity index (χ1) is 6.20. The Kier molecular flexibility index (Phi) is 1.45. The predicted octanol–water partition coefficient (Wildman–Crippen LogP) is 0.448. The second-order valence-corrected chi connectivity index (χ2v) is 2.62. The summed E-state index contributed by atoms with van der Waals surface area (Å²) in [5.74, 6) is 4.46. The molecule has 2 rings (SSSR count). The van der Waals surface area contributed by atoms with E-state index in [0.717, 1.165) is 10.1 Å². The van der Waals surface area contributed by atoms with E-state index in [1.807, 2.05) is 0 Å². The van der Waals surface area contributed by atoms with Crippen LogP contribution in [0.3, 0.4) is 0 Å². The number of fused-ring (bicyclic) bond motifs is 1. The van der Waals surface area contributed by atoms with Crippen LogP contribution in [0, 0.1) is 0 Å². The van der Waals surface area contributed by atoms with Crippen molar-refractivity contribution in [2.45, 2.75) is 0 Å². The second kappa shape index (κ2) is 2.48. The largest absolute Gasteiger partial charge is 0.477 e. The molecule has 0 bridgehead atoms. The van der Waals surface area contributed by atoms with Crippen molar-refractivity contribution in [3.05, 3.63) is 30.1 Å². The first-order valence-corrected chi connectivity index (χ1v) is 3.65. The Morgan fingerprint density at radius 2 is 2.38 bits per heavy atom. The quantitative estimate of drug-likeness (QED) is 0.619. The van der Waals surface area contributed by atoms with Crippen LogP contribution in [0.4, 0.5) is 0 Å². The Balaban J connectivity index is 2.81. The molecule has 2 aromatic rings. The summed E-state index contributed by atoms with van der Waals surface area (Å²) in [5, 5.41) is 9.46. The van der Waals surface area contributed by atoms with Gasteiger partial charge < -0.3 is 10.9 Å². The van der Waals surface area contributed by atoms with Crippen molar-refractivity contribution in [3.63, 3.8) is 0 Å². The summed E-state index contributed by atoms with van der Waals surface area (Å²) in [4.78, 5) is 14.6. The number of nitrogens with zero attached hydrogens (tertiary/aromatic N) is 2. The highest BCUT2D eigenvalue weighted by Crippen LogP contribution is 2.14. The van der Waals surface area contributed by atoms with Crippen molar-refractivity contribution < 1.29 is 9.90 Å². The summed E-state index contributed by atoms with van der Waals surface area (Å²) < 4.78 is 1.07. The van der Waals surface area contributed by atoms with Gasteiger partial charge in [0.15, 0.2) is 5.65 Å². The number of rotatable bonds is 1. The van der Waals surface area contributed by atoms with Crippen LogP contribution >= 0.6 is 0 Å². The lowest BCUT2D eigenvalue weighted by molar-refractivity contribution is 0.0688. The number of carboxylic acid groups (broad SMARTS) is 1. The summed E-state index contributed by atoms with van der Waals surface area (Å²) in [6.07, 6.45) is 1.57. The second-order valence-electron chi connectivity index (χ2n) is 2.62. The number of hydrogen-bond acceptors (Lipinski definition) is 3. The summed E-state index contributed by atoms with van der Waals surface area (Å²) in [7, 11) is 0. The van der Waals surface area contributed by atoms with Gasteiger partial charge in [0.1, 0.15) is 5.69 Å². The van der Waals surface area contributed by atoms with Crippen LogP contribution in [0.15, 0.2) is 24.4 Å². The molecule has 2 heterocycles. The van der Waals surface area contributed by atoms with Crippen molar-refractivity contribution in [3.8, 4) is 0 Å². The molecule has 0 atom stereocenters. The number of aromatic carboxylic acids is 1. The summed E-state index contributed by atoms with van der Waals surface area (Å²) in [6.45, 7) is 0. The molecule has 0 fully saturated rings. The van der Waals surface area contributed by atoms with E-state index in [2.05, 4.69) is 4.98 Å². The highest BCUT2D eigenvalue weighted by molar-refractivity contribution is 5.93. The minimum absolute atomic E-state index is 0.0358. The molecule has 0 amide bonds. The van der Waals surface area contributed by atoms with Crippen LogP contribution in [0.2, 0.25) is 0 Å². The number of nitrogens with two attached hydrogens (primary N) is 1. The van der Waals surface area contributed by atoms with Gasteiger partial charge in [0.25, 0.3) is 0 Å². The van der Waals surface area contributed by atoms with Crippen LogP contribution in [-0.2, 0) is 0 Å². The van der Waals surface area contributed by atoms with E-state index in [9.17, 15) is 4.79 Å². The fraction of sp³-hybridized carbons (Fsp3) is 0. The summed E-state index contributed by atoms with van der Waals surface area (Å²) in [5.41, 5.74) is 0.508. The van der Waals surface area contributed by atoms with Crippen molar-refractivity contribution in [2.24, 2.45) is 0 Å². The number of aromatic nitrogens is 2. The number of carbonyl (C=O) groups is 1. The smallest absolute Gasteiger partial charge is 0.354 e. The van der Waals surface area contributed by atoms with E-state index in [1.54, 1.807) is 18.3 Å². The Morgan fingerprint density at radius 1 is 1.62 bits per heavy atom. The lowest BCUT2D eigenvalue weighted by Crippen LogP contribution is -2.15. The van der Waals surface area contributed by atoms with Crippen LogP contribution in [0.1, 0.15) is 10.5 Å². The highest BCUT2D eigenvalue weighted by atomic mass is 16.4. The highest BCUT2D eigenvalue weighted by Gasteiger charge is 2.12. The Morgan fingerprint density at radius 3 is 3.00 bits per heavy atom. The van der Waals surface area contributed by atoms with Crippen molar-refractivity contribution in [2.75, 3.05) is 5.84 Å². The molecule has 2 aromatic heterocycles. The SMILES string of the molecule is Nn1c(C(=O)O)cc2cccnc21. The Hall–Kier alpha value is -2.04. The fourth-order valence-electron chi connectivity index (χ4n) is 1.22. The van der Waals surface area contributed by atoms with Crippen LogP contribution in [0.5, 0.6) is 0 Å². The molecule has 0 unspecified atom stereocenters. The first-order valence-electron chi connectivity index (χ1n) is 3.65. The van der Waals surface area contributed by atoms with Crippen LogP contribution < -0.4 is 5.84 Å². The van der Waals surface area contributed by atoms with Gasteiger partial charge in [-0.1, -0.05) is 0 Å². The number of nitrogen functional groups attached to an aromatic ring is 1. The average Bonchev–Trinajstić information content (AvgIpc) is 2.45. The van der Waals surface area contributed by atoms with Crippen molar-refractivity contribution in [1.29, 1.82) is 0 Å². The van der Waals surface area contributed by atoms with Gasteiger partial charge in [0, 0.05) is 11.6 Å². The minimum atomic E-state index is -1.06. The molecule has 5 nitrogen and oxygen atoms in total. The van der Waals surface area contributed by atoms with Gasteiger partial charge in [-0.2, -0.15) is 0 Å². The third kappa shape index (κ3) is 1.01. The van der Waals surface area contributed by atoms with E-state index in [-0.39, 0.29) is 5.69 Å². The van der Waals surface area contributed by atoms with Gasteiger partial charge in [-0.15, -0.1) is 0 Å². The van der Waals surface area contributed by atoms with Gasteiger partial charge in [0.2, 0.25) is 0 Å². The maximum atomic E-state index is 10.7. The lowest BCUT2D eigenvalue weighted by Gasteiger charge is -1.96. The summed E-state index contributed by atoms with van der Waals surface area (Å²) in [6, 6.07) is 4.98. The fourth-order valence-corrected chi connectivity index (χ4v) is 1.22. The molecule has 0 saturated heterocycles. The van der Waals surface area contributed by atoms with E-state index in [0.29, 0.717) is 5.65 Å². The molecule has 5 heteroatoms. The van der Waals surface area contributed by atoms with E-state index in [4.69, 9.17) is 10.9 Å². The zero-order chi connectivity index (χ0) is 9.42. The molecular formula is C8H7N3O2. The van der Waals surface area contributed by atoms with Crippen molar-refractivity contribution >= 4 is 17.0 Å². The molecule has 0 spiro atoms. The molecule has 0 aliphatic carbocycles. The van der Waals surface area contributed by atoms with Gasteiger partial charge in [-0.25, -0.2) is 14.5 Å². The number of carboxylic acids is 1. The zero-order valence-electron chi connectivity index (χ0n) is 6.64. The molecule has 13 heavy (non-hydrogen) atoms. The Bertz CT molecular complexity index is 475. The maximum absolute atomic E-state index is 10.7. The molecular weight excluding hydrogens is 170 g/mol. The maximum Gasteiger partial charge on any atom is 0.354 e. The van der Waals surface area contributed by atoms with Crippen LogP contribution in [0.25, 0.3) is 11.0 Å². The molecule has 0 aromatic carbocycles. The van der Waals surface area contributed by atoms with E-state index in [1.165, 1.54) is 6.07 Å². The number of hydrogen-bond donors (Lipinski definition) is 2. The number of pyridine rings is 1. The minimum Gasteiger partial charge on any atom is -0.477 e. The van der Waals surface area contributed by atoms with Crippen molar-refractivity contribution in [1.82, 2.24) is 9.66 Å². The van der Waals surface area contributed by atoms with Gasteiger partial charge in [0.05, 0.1) is 0 Å². The molecule has 0 aliphatic rings. The standard InChI is InChI=1S/C8H7N3O2/c9-11-6(8(12)13)4-5-2-1-3-10-7(5)11/h1-4H,9H2,(H,12,13). The lowest BCUT2D eigenvalue weighted by atomic mass is 10.3. The third-order valence-corrected chi connectivity index (χ3v) is 1.82. The van der Waals surface area contributed by atoms with Gasteiger partial charge >= 0.3 is 5.97 Å². The van der Waals surface area contributed by atoms with E-state index >= 15 is 0 Å². The predicted molar refractivity (Wildman–Crippen MR) is 46.8 cm³/mol. The third-order valence-electron chi connectivity index (χ3n) is 1.82. The van der Waals surface area contributed by atoms with Gasteiger partial charge in [-0.05, 0) is 18.2 Å². The topological polar surface area (TPSA) is 81.1 Å². The molecule has 66 valence electrons. The normalized spacial score (nSPS) is 10.5. The molecule has 0 saturated carbocycles. The van der Waals surface area contributed by atoms with Gasteiger partial charge in [-0.3, -0.25) is 0 Å². The molecule has 0 radical (unpaired) electrons. The van der Waals surface area contributed by atoms with E-state index < -0.39 is 5.97 Å². The summed E-state index contributed by atoms with van der Waals surface area (Å²) >= 11 is 0.